The third kappa shape index (κ3) is 45.7. The van der Waals surface area contributed by atoms with Crippen LogP contribution in [0, 0.1) is 0 Å². The number of carbonyl (C=O) groups excluding carboxylic acids is 1. The molecule has 5 N–H and O–H groups in total. The highest BCUT2D eigenvalue weighted by Crippen LogP contribution is 2.18. The molecular weight excluding hydrogens is 779 g/mol. The largest absolute Gasteiger partial charge is 0.394 e. The minimum absolute atomic E-state index is 0.365. The van der Waals surface area contributed by atoms with Crippen LogP contribution in [-0.2, 0) is 4.79 Å². The van der Waals surface area contributed by atoms with E-state index >= 15 is 0 Å². The van der Waals surface area contributed by atoms with Crippen molar-refractivity contribution in [1.82, 2.24) is 5.32 Å². The summed E-state index contributed by atoms with van der Waals surface area (Å²) in [5.74, 6) is -0.592. The van der Waals surface area contributed by atoms with Gasteiger partial charge in [-0.15, -0.1) is 0 Å². The number of hydrogen-bond acceptors (Lipinski definition) is 5. The van der Waals surface area contributed by atoms with Crippen LogP contribution < -0.4 is 5.32 Å². The molecule has 63 heavy (non-hydrogen) atoms. The lowest BCUT2D eigenvalue weighted by Crippen LogP contribution is -2.53. The van der Waals surface area contributed by atoms with E-state index in [1.54, 1.807) is 0 Å². The molecule has 4 atom stereocenters. The van der Waals surface area contributed by atoms with Crippen molar-refractivity contribution >= 4 is 5.91 Å². The van der Waals surface area contributed by atoms with Gasteiger partial charge in [0.2, 0.25) is 5.91 Å². The van der Waals surface area contributed by atoms with E-state index in [0.717, 1.165) is 38.5 Å². The molecule has 0 radical (unpaired) electrons. The zero-order chi connectivity index (χ0) is 45.9. The van der Waals surface area contributed by atoms with Crippen LogP contribution in [0.25, 0.3) is 0 Å². The number of amides is 1. The lowest BCUT2D eigenvalue weighted by molar-refractivity contribution is -0.132. The fraction of sp³-hybridized carbons (Fsp3) is 0.912. The first-order chi connectivity index (χ1) is 31.0. The van der Waals surface area contributed by atoms with Crippen molar-refractivity contribution in [3.63, 3.8) is 0 Å². The van der Waals surface area contributed by atoms with Crippen molar-refractivity contribution in [3.8, 4) is 0 Å². The average Bonchev–Trinajstić information content (AvgIpc) is 3.29. The first kappa shape index (κ1) is 61.8. The normalized spacial score (nSPS) is 13.9. The van der Waals surface area contributed by atoms with E-state index in [0.29, 0.717) is 19.3 Å². The summed E-state index contributed by atoms with van der Waals surface area (Å²) in [5.41, 5.74) is 0. The molecule has 1 amide bonds. The van der Waals surface area contributed by atoms with Crippen LogP contribution in [0.5, 0.6) is 0 Å². The van der Waals surface area contributed by atoms with Crippen molar-refractivity contribution in [3.05, 3.63) is 24.3 Å². The van der Waals surface area contributed by atoms with Crippen LogP contribution in [0.15, 0.2) is 24.3 Å². The Kier molecular flexibility index (Phi) is 50.8. The zero-order valence-electron chi connectivity index (χ0n) is 42.3. The summed E-state index contributed by atoms with van der Waals surface area (Å²) in [5, 5.41) is 43.9. The van der Waals surface area contributed by atoms with Gasteiger partial charge in [0.15, 0.2) is 0 Å². The van der Waals surface area contributed by atoms with E-state index in [4.69, 9.17) is 0 Å². The van der Waals surface area contributed by atoms with Gasteiger partial charge in [0.25, 0.3) is 0 Å². The number of carbonyl (C=O) groups is 1. The van der Waals surface area contributed by atoms with Crippen LogP contribution in [0.3, 0.4) is 0 Å². The monoisotopic (exact) mass is 890 g/mol. The third-order valence-corrected chi connectivity index (χ3v) is 13.4. The smallest absolute Gasteiger partial charge is 0.249 e. The minimum atomic E-state index is -1.29. The van der Waals surface area contributed by atoms with Gasteiger partial charge in [-0.1, -0.05) is 276 Å². The number of aliphatic hydroxyl groups excluding tert-OH is 4. The molecule has 0 saturated carbocycles. The lowest BCUT2D eigenvalue weighted by Gasteiger charge is -2.27. The Hall–Kier alpha value is -1.21. The predicted octanol–water partition coefficient (Wildman–Crippen LogP) is 16.3. The molecule has 6 heteroatoms. The van der Waals surface area contributed by atoms with E-state index in [1.807, 2.05) is 0 Å². The van der Waals surface area contributed by atoms with Gasteiger partial charge >= 0.3 is 0 Å². The maximum absolute atomic E-state index is 12.6. The van der Waals surface area contributed by atoms with Gasteiger partial charge in [0.05, 0.1) is 18.8 Å². The number of rotatable bonds is 52. The third-order valence-electron chi connectivity index (χ3n) is 13.4. The van der Waals surface area contributed by atoms with Crippen molar-refractivity contribution in [2.75, 3.05) is 6.61 Å². The number of nitrogens with one attached hydrogen (secondary N) is 1. The van der Waals surface area contributed by atoms with Gasteiger partial charge in [0, 0.05) is 0 Å². The van der Waals surface area contributed by atoms with Crippen LogP contribution in [0.2, 0.25) is 0 Å². The Bertz CT molecular complexity index is 955. The predicted molar refractivity (Wildman–Crippen MR) is 274 cm³/mol. The molecule has 0 aliphatic heterocycles. The highest BCUT2D eigenvalue weighted by Gasteiger charge is 2.28. The molecule has 0 saturated heterocycles. The second kappa shape index (κ2) is 51.8. The van der Waals surface area contributed by atoms with Crippen molar-refractivity contribution in [2.24, 2.45) is 0 Å². The molecule has 0 aromatic rings. The molecular formula is C57H111NO5. The summed E-state index contributed by atoms with van der Waals surface area (Å²) >= 11 is 0. The summed E-state index contributed by atoms with van der Waals surface area (Å²) in [6, 6.07) is -1.01. The fourth-order valence-corrected chi connectivity index (χ4v) is 8.95. The van der Waals surface area contributed by atoms with E-state index in [9.17, 15) is 25.2 Å². The summed E-state index contributed by atoms with van der Waals surface area (Å²) in [4.78, 5) is 12.6. The van der Waals surface area contributed by atoms with Gasteiger partial charge in [-0.25, -0.2) is 0 Å². The van der Waals surface area contributed by atoms with Gasteiger partial charge in [0.1, 0.15) is 12.2 Å². The van der Waals surface area contributed by atoms with E-state index in [2.05, 4.69) is 43.5 Å². The van der Waals surface area contributed by atoms with E-state index in [-0.39, 0.29) is 0 Å². The van der Waals surface area contributed by atoms with Crippen molar-refractivity contribution in [2.45, 2.75) is 327 Å². The second-order valence-electron chi connectivity index (χ2n) is 19.6. The van der Waals surface area contributed by atoms with Crippen molar-refractivity contribution < 1.29 is 25.2 Å². The first-order valence-corrected chi connectivity index (χ1v) is 28.2. The van der Waals surface area contributed by atoms with Crippen LogP contribution >= 0.6 is 0 Å². The van der Waals surface area contributed by atoms with Gasteiger partial charge in [-0.2, -0.15) is 0 Å². The molecule has 0 aliphatic carbocycles. The van der Waals surface area contributed by atoms with Crippen LogP contribution in [0.1, 0.15) is 303 Å². The van der Waals surface area contributed by atoms with Gasteiger partial charge in [-0.3, -0.25) is 4.79 Å². The lowest BCUT2D eigenvalue weighted by atomic mass is 10.00. The number of aliphatic hydroxyl groups is 4. The Morgan fingerprint density at radius 3 is 1.00 bits per heavy atom. The van der Waals surface area contributed by atoms with Gasteiger partial charge in [-0.05, 0) is 51.4 Å². The molecule has 0 aromatic carbocycles. The molecule has 0 bridgehead atoms. The maximum atomic E-state index is 12.6. The Morgan fingerprint density at radius 2 is 0.667 bits per heavy atom. The first-order valence-electron chi connectivity index (χ1n) is 28.2. The summed E-state index contributed by atoms with van der Waals surface area (Å²) in [7, 11) is 0. The minimum Gasteiger partial charge on any atom is -0.394 e. The fourth-order valence-electron chi connectivity index (χ4n) is 8.95. The summed E-state index contributed by atoms with van der Waals surface area (Å²) in [6.07, 6.45) is 62.5. The Labute approximate surface area is 393 Å². The maximum Gasteiger partial charge on any atom is 0.249 e. The molecule has 0 fully saturated rings. The number of unbranched alkanes of at least 4 members (excludes halogenated alkanes) is 39. The summed E-state index contributed by atoms with van der Waals surface area (Å²) in [6.45, 7) is 4.08. The quantitative estimate of drug-likeness (QED) is 0.0309. The van der Waals surface area contributed by atoms with E-state index in [1.165, 1.54) is 231 Å². The van der Waals surface area contributed by atoms with E-state index < -0.39 is 36.9 Å². The topological polar surface area (TPSA) is 110 Å². The molecule has 0 rings (SSSR count). The molecule has 4 unspecified atom stereocenters. The highest BCUT2D eigenvalue weighted by molar-refractivity contribution is 5.80. The standard InChI is InChI=1S/C57H111NO5/c1-3-5-7-9-11-13-15-17-19-21-23-25-27-29-31-33-35-37-39-41-43-45-47-49-51-55(61)57(63)58-53(52-59)56(62)54(60)50-48-46-44-42-40-38-36-34-32-30-28-26-24-22-20-18-16-14-12-10-8-6-4-2/h34,36,42,44,53-56,59-62H,3-33,35,37-41,43,45-52H2,1-2H3,(H,58,63)/b36-34+,44-42+. The van der Waals surface area contributed by atoms with Gasteiger partial charge < -0.3 is 25.7 Å². The van der Waals surface area contributed by atoms with Crippen LogP contribution in [0.4, 0.5) is 0 Å². The highest BCUT2D eigenvalue weighted by atomic mass is 16.3. The Balaban J connectivity index is 3.66. The second-order valence-corrected chi connectivity index (χ2v) is 19.6. The molecule has 0 aromatic heterocycles. The number of allylic oxidation sites excluding steroid dienone is 4. The SMILES string of the molecule is CCCCCCCCCCCCCCCC/C=C/CC/C=C/CCCC(O)C(O)C(CO)NC(=O)C(O)CCCCCCCCCCCCCCCCCCCCCCCCCC. The average molecular weight is 891 g/mol. The van der Waals surface area contributed by atoms with Crippen LogP contribution in [-0.4, -0.2) is 57.3 Å². The molecule has 6 nitrogen and oxygen atoms in total. The zero-order valence-corrected chi connectivity index (χ0v) is 42.3. The summed E-state index contributed by atoms with van der Waals surface area (Å²) < 4.78 is 0. The molecule has 374 valence electrons. The Morgan fingerprint density at radius 1 is 0.381 bits per heavy atom. The van der Waals surface area contributed by atoms with Crippen molar-refractivity contribution in [1.29, 1.82) is 0 Å². The molecule has 0 heterocycles. The molecule has 0 spiro atoms. The number of hydrogen-bond donors (Lipinski definition) is 5. The molecule has 0 aliphatic rings.